The van der Waals surface area contributed by atoms with Gasteiger partial charge < -0.3 is 27.9 Å². The van der Waals surface area contributed by atoms with E-state index < -0.39 is 26.5 Å². The molecule has 1 unspecified atom stereocenters. The van der Waals surface area contributed by atoms with Crippen molar-refractivity contribution in [2.24, 2.45) is 0 Å². The first-order valence-corrected chi connectivity index (χ1v) is 14.7. The monoisotopic (exact) mass is 523 g/mol. The van der Waals surface area contributed by atoms with Gasteiger partial charge in [0.05, 0.1) is 27.7 Å². The average Bonchev–Trinajstić information content (AvgIpc) is 2.77. The first-order chi connectivity index (χ1) is 16.6. The van der Waals surface area contributed by atoms with E-state index in [1.807, 2.05) is 21.1 Å². The topological polar surface area (TPSA) is 111 Å². The van der Waals surface area contributed by atoms with E-state index in [4.69, 9.17) is 18.5 Å². The number of hydrogen-bond acceptors (Lipinski definition) is 8. The van der Waals surface area contributed by atoms with Gasteiger partial charge in [0.1, 0.15) is 19.8 Å². The number of unbranched alkanes of at least 4 members (excludes halogenated alkanes) is 12. The largest absolute Gasteiger partial charge is 0.756 e. The fourth-order valence-corrected chi connectivity index (χ4v) is 4.12. The van der Waals surface area contributed by atoms with E-state index >= 15 is 0 Å². The molecule has 0 bridgehead atoms. The second kappa shape index (κ2) is 21.1. The molecule has 0 saturated heterocycles. The zero-order valence-electron chi connectivity index (χ0n) is 22.5. The minimum Gasteiger partial charge on any atom is -0.756 e. The van der Waals surface area contributed by atoms with Crippen LogP contribution in [0.25, 0.3) is 0 Å². The van der Waals surface area contributed by atoms with Crippen molar-refractivity contribution in [2.75, 3.05) is 47.5 Å². The molecule has 2 atom stereocenters. The van der Waals surface area contributed by atoms with E-state index in [1.165, 1.54) is 64.2 Å². The van der Waals surface area contributed by atoms with Gasteiger partial charge in [-0.1, -0.05) is 84.0 Å². The van der Waals surface area contributed by atoms with Gasteiger partial charge in [-0.15, -0.1) is 0 Å². The number of phosphoric acid groups is 1. The second-order valence-electron chi connectivity index (χ2n) is 10.1. The van der Waals surface area contributed by atoms with Gasteiger partial charge in [-0.2, -0.15) is 0 Å². The predicted octanol–water partition coefficient (Wildman–Crippen LogP) is 4.76. The lowest BCUT2D eigenvalue weighted by Crippen LogP contribution is -2.37. The van der Waals surface area contributed by atoms with Crippen LogP contribution in [0.4, 0.5) is 0 Å². The molecule has 9 nitrogen and oxygen atoms in total. The number of ether oxygens (including phenoxy) is 2. The van der Waals surface area contributed by atoms with Gasteiger partial charge in [-0.05, 0) is 6.42 Å². The fourth-order valence-electron chi connectivity index (χ4n) is 3.39. The van der Waals surface area contributed by atoms with Crippen LogP contribution < -0.4 is 4.89 Å². The quantitative estimate of drug-likeness (QED) is 0.0554. The summed E-state index contributed by atoms with van der Waals surface area (Å²) in [6.07, 6.45) is 15.2. The molecular weight excluding hydrogens is 473 g/mol. The fraction of sp³-hybridized carbons (Fsp3) is 0.920. The van der Waals surface area contributed by atoms with Crippen LogP contribution in [0.1, 0.15) is 96.8 Å². The average molecular weight is 524 g/mol. The molecule has 0 aromatic rings. The Morgan fingerprint density at radius 1 is 0.857 bits per heavy atom. The van der Waals surface area contributed by atoms with Gasteiger partial charge in [-0.3, -0.25) is 14.2 Å². The van der Waals surface area contributed by atoms with Crippen LogP contribution in [0.5, 0.6) is 0 Å². The normalized spacial score (nSPS) is 14.3. The van der Waals surface area contributed by atoms with Crippen molar-refractivity contribution in [2.45, 2.75) is 103 Å². The summed E-state index contributed by atoms with van der Waals surface area (Å²) >= 11 is 0. The number of esters is 1. The maximum absolute atomic E-state index is 11.9. The lowest BCUT2D eigenvalue weighted by Gasteiger charge is -2.28. The number of phosphoric ester groups is 1. The van der Waals surface area contributed by atoms with E-state index in [0.717, 1.165) is 19.3 Å². The first-order valence-electron chi connectivity index (χ1n) is 13.2. The van der Waals surface area contributed by atoms with Gasteiger partial charge >= 0.3 is 5.97 Å². The number of carbonyl (C=O) groups excluding carboxylic acids is 2. The SMILES string of the molecule is CCCCCCCCCCCCCCCC(=O)OC[C@H](COP(=O)([O-])OCC[N+](C)(C)C)OC=O. The first kappa shape index (κ1) is 34.0. The van der Waals surface area contributed by atoms with Crippen molar-refractivity contribution in [3.8, 4) is 0 Å². The van der Waals surface area contributed by atoms with Crippen molar-refractivity contribution in [3.05, 3.63) is 0 Å². The van der Waals surface area contributed by atoms with E-state index in [-0.39, 0.29) is 26.1 Å². The number of hydrogen-bond donors (Lipinski definition) is 0. The zero-order valence-corrected chi connectivity index (χ0v) is 23.4. The van der Waals surface area contributed by atoms with Crippen LogP contribution in [-0.4, -0.2) is 70.5 Å². The summed E-state index contributed by atoms with van der Waals surface area (Å²) in [4.78, 5) is 34.5. The molecule has 0 spiro atoms. The summed E-state index contributed by atoms with van der Waals surface area (Å²) in [5.74, 6) is -0.405. The number of quaternary nitrogens is 1. The Bertz CT molecular complexity index is 582. The van der Waals surface area contributed by atoms with E-state index in [1.54, 1.807) is 0 Å². The number of likely N-dealkylation sites (N-methyl/N-ethyl adjacent to an activating group) is 1. The Balaban J connectivity index is 3.83. The molecule has 0 amide bonds. The Kier molecular flexibility index (Phi) is 20.5. The van der Waals surface area contributed by atoms with Crippen molar-refractivity contribution < 1.29 is 42.1 Å². The van der Waals surface area contributed by atoms with E-state index in [9.17, 15) is 19.0 Å². The lowest BCUT2D eigenvalue weighted by atomic mass is 10.0. The molecule has 0 rings (SSSR count). The molecule has 0 saturated carbocycles. The summed E-state index contributed by atoms with van der Waals surface area (Å²) in [6.45, 7) is 2.11. The zero-order chi connectivity index (χ0) is 26.4. The molecular formula is C25H50NO8P. The molecule has 0 heterocycles. The molecule has 0 radical (unpaired) electrons. The van der Waals surface area contributed by atoms with Crippen molar-refractivity contribution in [1.82, 2.24) is 0 Å². The molecule has 0 fully saturated rings. The highest BCUT2D eigenvalue weighted by Crippen LogP contribution is 2.38. The van der Waals surface area contributed by atoms with Gasteiger partial charge in [0.15, 0.2) is 6.10 Å². The van der Waals surface area contributed by atoms with Crippen molar-refractivity contribution in [1.29, 1.82) is 0 Å². The van der Waals surface area contributed by atoms with E-state index in [0.29, 0.717) is 11.0 Å². The maximum atomic E-state index is 11.9. The molecule has 35 heavy (non-hydrogen) atoms. The minimum absolute atomic E-state index is 0.0302. The third-order valence-corrected chi connectivity index (χ3v) is 6.56. The van der Waals surface area contributed by atoms with Gasteiger partial charge in [0.2, 0.25) is 0 Å². The summed E-state index contributed by atoms with van der Waals surface area (Å²) < 4.78 is 31.8. The Hall–Kier alpha value is -0.990. The predicted molar refractivity (Wildman–Crippen MR) is 135 cm³/mol. The highest BCUT2D eigenvalue weighted by atomic mass is 31.2. The smallest absolute Gasteiger partial charge is 0.305 e. The van der Waals surface area contributed by atoms with Gasteiger partial charge in [0.25, 0.3) is 14.3 Å². The number of carbonyl (C=O) groups is 2. The lowest BCUT2D eigenvalue weighted by molar-refractivity contribution is -0.870. The van der Waals surface area contributed by atoms with Gasteiger partial charge in [0, 0.05) is 6.42 Å². The molecule has 0 N–H and O–H groups in total. The van der Waals surface area contributed by atoms with Crippen molar-refractivity contribution in [3.63, 3.8) is 0 Å². The maximum Gasteiger partial charge on any atom is 0.305 e. The Morgan fingerprint density at radius 2 is 1.37 bits per heavy atom. The Labute approximate surface area is 213 Å². The minimum atomic E-state index is -4.54. The standard InChI is InChI=1S/C25H50NO8P/c1-5-6-7-8-9-10-11-12-13-14-15-16-17-18-25(28)31-21-24(32-23-27)22-34-35(29,30)33-20-19-26(2,3)4/h23-24H,5-22H2,1-4H3/t24-/m1/s1. The summed E-state index contributed by atoms with van der Waals surface area (Å²) in [6, 6.07) is 0. The van der Waals surface area contributed by atoms with Crippen LogP contribution in [0.3, 0.4) is 0 Å². The number of rotatable bonds is 25. The molecule has 0 aromatic carbocycles. The van der Waals surface area contributed by atoms with Gasteiger partial charge in [-0.25, -0.2) is 0 Å². The highest BCUT2D eigenvalue weighted by molar-refractivity contribution is 7.45. The van der Waals surface area contributed by atoms with Crippen LogP contribution >= 0.6 is 7.82 Å². The third kappa shape index (κ3) is 24.5. The molecule has 0 aliphatic heterocycles. The van der Waals surface area contributed by atoms with Crippen LogP contribution in [-0.2, 0) is 32.7 Å². The molecule has 208 valence electrons. The van der Waals surface area contributed by atoms with Crippen LogP contribution in [0.15, 0.2) is 0 Å². The summed E-state index contributed by atoms with van der Waals surface area (Å²) in [7, 11) is 1.17. The van der Waals surface area contributed by atoms with Crippen LogP contribution in [0.2, 0.25) is 0 Å². The molecule has 0 aliphatic carbocycles. The molecule has 0 aliphatic rings. The summed E-state index contributed by atoms with van der Waals surface area (Å²) in [5, 5.41) is 0. The van der Waals surface area contributed by atoms with Crippen molar-refractivity contribution >= 4 is 20.3 Å². The number of nitrogens with zero attached hydrogens (tertiary/aromatic N) is 1. The van der Waals surface area contributed by atoms with E-state index in [2.05, 4.69) is 6.92 Å². The Morgan fingerprint density at radius 3 is 1.86 bits per heavy atom. The molecule has 10 heteroatoms. The summed E-state index contributed by atoms with van der Waals surface area (Å²) in [5.41, 5.74) is 0. The molecule has 0 aromatic heterocycles. The highest BCUT2D eigenvalue weighted by Gasteiger charge is 2.19. The third-order valence-electron chi connectivity index (χ3n) is 5.59. The van der Waals surface area contributed by atoms with Crippen LogP contribution in [0, 0.1) is 0 Å². The second-order valence-corrected chi connectivity index (χ2v) is 11.5.